The van der Waals surface area contributed by atoms with E-state index in [2.05, 4.69) is 10.3 Å². The number of hydrogen-bond donors (Lipinski definition) is 1. The smallest absolute Gasteiger partial charge is 0.356 e. The van der Waals surface area contributed by atoms with Crippen LogP contribution in [0.25, 0.3) is 0 Å². The molecule has 144 valence electrons. The van der Waals surface area contributed by atoms with Crippen LogP contribution in [0.5, 0.6) is 0 Å². The maximum absolute atomic E-state index is 13.7. The molecule has 0 saturated carbocycles. The van der Waals surface area contributed by atoms with Crippen molar-refractivity contribution in [2.75, 3.05) is 18.0 Å². The number of benzene rings is 1. The predicted octanol–water partition coefficient (Wildman–Crippen LogP) is 3.78. The Morgan fingerprint density at radius 1 is 1.11 bits per heavy atom. The lowest BCUT2D eigenvalue weighted by Crippen LogP contribution is -2.45. The molecule has 0 unspecified atom stereocenters. The number of carbonyl (C=O) groups excluding carboxylic acids is 1. The van der Waals surface area contributed by atoms with Crippen LogP contribution in [0.4, 0.5) is 27.8 Å². The summed E-state index contributed by atoms with van der Waals surface area (Å²) in [6.45, 7) is 0.963. The number of anilines is 1. The third-order valence-corrected chi connectivity index (χ3v) is 4.41. The van der Waals surface area contributed by atoms with Crippen LogP contribution in [0.1, 0.15) is 28.8 Å². The van der Waals surface area contributed by atoms with Crippen LogP contribution in [0.2, 0.25) is 0 Å². The van der Waals surface area contributed by atoms with Crippen molar-refractivity contribution < 1.29 is 26.7 Å². The highest BCUT2D eigenvalue weighted by molar-refractivity contribution is 5.94. The maximum atomic E-state index is 13.7. The Balaban J connectivity index is 1.56. The van der Waals surface area contributed by atoms with Crippen molar-refractivity contribution >= 4 is 11.7 Å². The normalized spacial score (nSPS) is 15.7. The lowest BCUT2D eigenvalue weighted by Gasteiger charge is -2.33. The quantitative estimate of drug-likeness (QED) is 0.818. The number of amides is 1. The lowest BCUT2D eigenvalue weighted by atomic mass is 10.0. The zero-order valence-corrected chi connectivity index (χ0v) is 14.1. The van der Waals surface area contributed by atoms with Gasteiger partial charge in [-0.25, -0.2) is 13.8 Å². The number of alkyl halides is 3. The second kappa shape index (κ2) is 7.50. The Hall–Kier alpha value is -2.71. The molecular weight excluding hydrogens is 369 g/mol. The molecule has 0 bridgehead atoms. The van der Waals surface area contributed by atoms with E-state index in [0.29, 0.717) is 37.8 Å². The van der Waals surface area contributed by atoms with Crippen molar-refractivity contribution in [1.82, 2.24) is 10.3 Å². The third-order valence-electron chi connectivity index (χ3n) is 4.41. The molecule has 0 aliphatic carbocycles. The Bertz CT molecular complexity index is 815. The second-order valence-electron chi connectivity index (χ2n) is 6.26. The van der Waals surface area contributed by atoms with Gasteiger partial charge in [0.05, 0.1) is 11.1 Å². The number of hydrogen-bond acceptors (Lipinski definition) is 3. The number of carbonyl (C=O) groups is 1. The number of rotatable bonds is 3. The summed E-state index contributed by atoms with van der Waals surface area (Å²) in [5.41, 5.74) is -1.04. The summed E-state index contributed by atoms with van der Waals surface area (Å²) in [4.78, 5) is 17.8. The molecule has 1 aromatic heterocycles. The molecule has 2 aromatic rings. The van der Waals surface area contributed by atoms with E-state index in [0.717, 1.165) is 24.4 Å². The highest BCUT2D eigenvalue weighted by Gasteiger charge is 2.31. The molecule has 1 aliphatic heterocycles. The highest BCUT2D eigenvalue weighted by atomic mass is 19.4. The first kappa shape index (κ1) is 19.1. The zero-order chi connectivity index (χ0) is 19.6. The van der Waals surface area contributed by atoms with Gasteiger partial charge in [0.25, 0.3) is 5.91 Å². The van der Waals surface area contributed by atoms with E-state index in [1.807, 2.05) is 4.90 Å². The fourth-order valence-corrected chi connectivity index (χ4v) is 2.93. The van der Waals surface area contributed by atoms with Gasteiger partial charge in [-0.15, -0.1) is 0 Å². The number of aromatic nitrogens is 1. The monoisotopic (exact) mass is 385 g/mol. The molecule has 0 atom stereocenters. The van der Waals surface area contributed by atoms with Gasteiger partial charge in [-0.1, -0.05) is 0 Å². The van der Waals surface area contributed by atoms with E-state index >= 15 is 0 Å². The van der Waals surface area contributed by atoms with Crippen LogP contribution >= 0.6 is 0 Å². The molecule has 27 heavy (non-hydrogen) atoms. The second-order valence-corrected chi connectivity index (χ2v) is 6.26. The van der Waals surface area contributed by atoms with Crippen molar-refractivity contribution in [3.63, 3.8) is 0 Å². The van der Waals surface area contributed by atoms with Gasteiger partial charge in [0, 0.05) is 31.4 Å². The van der Waals surface area contributed by atoms with E-state index in [1.165, 1.54) is 6.07 Å². The van der Waals surface area contributed by atoms with Gasteiger partial charge >= 0.3 is 6.18 Å². The Morgan fingerprint density at radius 2 is 1.81 bits per heavy atom. The molecule has 1 N–H and O–H groups in total. The van der Waals surface area contributed by atoms with Crippen molar-refractivity contribution in [1.29, 1.82) is 0 Å². The zero-order valence-electron chi connectivity index (χ0n) is 14.1. The summed E-state index contributed by atoms with van der Waals surface area (Å²) in [5.74, 6) is -1.89. The van der Waals surface area contributed by atoms with Gasteiger partial charge in [-0.2, -0.15) is 13.2 Å². The number of piperidine rings is 1. The third kappa shape index (κ3) is 4.53. The fourth-order valence-electron chi connectivity index (χ4n) is 2.93. The average Bonchev–Trinajstić information content (AvgIpc) is 2.61. The van der Waals surface area contributed by atoms with Crippen LogP contribution in [-0.2, 0) is 6.18 Å². The molecule has 1 aliphatic rings. The summed E-state index contributed by atoms with van der Waals surface area (Å²) in [6, 6.07) is 4.82. The van der Waals surface area contributed by atoms with E-state index in [-0.39, 0.29) is 11.6 Å². The molecule has 3 rings (SSSR count). The van der Waals surface area contributed by atoms with Crippen LogP contribution in [0.3, 0.4) is 0 Å². The largest absolute Gasteiger partial charge is 0.417 e. The Labute approximate surface area is 152 Å². The molecule has 9 heteroatoms. The van der Waals surface area contributed by atoms with Crippen LogP contribution in [0.15, 0.2) is 36.5 Å². The summed E-state index contributed by atoms with van der Waals surface area (Å²) in [7, 11) is 0. The maximum Gasteiger partial charge on any atom is 0.417 e. The van der Waals surface area contributed by atoms with Crippen LogP contribution in [-0.4, -0.2) is 30.0 Å². The minimum Gasteiger partial charge on any atom is -0.356 e. The molecule has 0 spiro atoms. The van der Waals surface area contributed by atoms with Crippen molar-refractivity contribution in [3.05, 3.63) is 59.3 Å². The van der Waals surface area contributed by atoms with Gasteiger partial charge in [0.15, 0.2) is 0 Å². The SMILES string of the molecule is O=C(NC1CCN(c2ccc(C(F)(F)F)cn2)CC1)c1ccc(F)cc1F. The van der Waals surface area contributed by atoms with Gasteiger partial charge in [-0.3, -0.25) is 4.79 Å². The van der Waals surface area contributed by atoms with Crippen LogP contribution in [0, 0.1) is 11.6 Å². The van der Waals surface area contributed by atoms with E-state index < -0.39 is 29.3 Å². The first-order chi connectivity index (χ1) is 12.7. The minimum atomic E-state index is -4.43. The standard InChI is InChI=1S/C18H16F5N3O/c19-12-2-3-14(15(20)9-12)17(27)25-13-5-7-26(8-6-13)16-4-1-11(10-24-16)18(21,22)23/h1-4,9-10,13H,5-8H2,(H,25,27). The van der Waals surface area contributed by atoms with Gasteiger partial charge < -0.3 is 10.2 Å². The highest BCUT2D eigenvalue weighted by Crippen LogP contribution is 2.29. The molecule has 4 nitrogen and oxygen atoms in total. The number of nitrogens with zero attached hydrogens (tertiary/aromatic N) is 2. The molecule has 1 fully saturated rings. The van der Waals surface area contributed by atoms with Crippen molar-refractivity contribution in [3.8, 4) is 0 Å². The summed E-state index contributed by atoms with van der Waals surface area (Å²) in [6.07, 6.45) is -2.59. The van der Waals surface area contributed by atoms with Crippen molar-refractivity contribution in [2.24, 2.45) is 0 Å². The summed E-state index contributed by atoms with van der Waals surface area (Å²) in [5, 5.41) is 2.70. The molecule has 0 radical (unpaired) electrons. The Morgan fingerprint density at radius 3 is 2.37 bits per heavy atom. The van der Waals surface area contributed by atoms with Crippen LogP contribution < -0.4 is 10.2 Å². The lowest BCUT2D eigenvalue weighted by molar-refractivity contribution is -0.137. The first-order valence-corrected chi connectivity index (χ1v) is 8.28. The number of pyridine rings is 1. The topological polar surface area (TPSA) is 45.2 Å². The minimum absolute atomic E-state index is 0.215. The van der Waals surface area contributed by atoms with E-state index in [1.54, 1.807) is 0 Å². The van der Waals surface area contributed by atoms with Crippen molar-refractivity contribution in [2.45, 2.75) is 25.1 Å². The molecule has 1 amide bonds. The summed E-state index contributed by atoms with van der Waals surface area (Å²) >= 11 is 0. The van der Waals surface area contributed by atoms with E-state index in [9.17, 15) is 26.7 Å². The Kier molecular flexibility index (Phi) is 5.29. The van der Waals surface area contributed by atoms with Gasteiger partial charge in [0.1, 0.15) is 17.5 Å². The number of nitrogens with one attached hydrogen (secondary N) is 1. The first-order valence-electron chi connectivity index (χ1n) is 8.28. The van der Waals surface area contributed by atoms with E-state index in [4.69, 9.17) is 0 Å². The molecule has 1 saturated heterocycles. The molecular formula is C18H16F5N3O. The predicted molar refractivity (Wildman–Crippen MR) is 88.3 cm³/mol. The molecule has 1 aromatic carbocycles. The fraction of sp³-hybridized carbons (Fsp3) is 0.333. The van der Waals surface area contributed by atoms with Gasteiger partial charge in [0.2, 0.25) is 0 Å². The average molecular weight is 385 g/mol. The van der Waals surface area contributed by atoms with Gasteiger partial charge in [-0.05, 0) is 37.1 Å². The molecule has 2 heterocycles. The summed E-state index contributed by atoms with van der Waals surface area (Å²) < 4.78 is 64.3. The number of halogens is 5.